The minimum absolute atomic E-state index is 0. The number of rotatable bonds is 3. The van der Waals surface area contributed by atoms with Gasteiger partial charge >= 0.3 is 29.6 Å². The van der Waals surface area contributed by atoms with Crippen molar-refractivity contribution in [2.45, 2.75) is 0 Å². The van der Waals surface area contributed by atoms with Gasteiger partial charge in [-0.05, 0) is 11.6 Å². The summed E-state index contributed by atoms with van der Waals surface area (Å²) in [6.45, 7) is -0.181. The van der Waals surface area contributed by atoms with Crippen LogP contribution < -0.4 is 58.2 Å². The van der Waals surface area contributed by atoms with Gasteiger partial charge in [0.1, 0.15) is 12.7 Å². The number of aromatic nitrogens is 10. The van der Waals surface area contributed by atoms with Gasteiger partial charge in [-0.2, -0.15) is 29.9 Å². The smallest absolute Gasteiger partial charge is 0.662 e. The molecule has 0 fully saturated rings. The van der Waals surface area contributed by atoms with Gasteiger partial charge in [0.2, 0.25) is 35.0 Å². The van der Waals surface area contributed by atoms with Gasteiger partial charge in [-0.25, -0.2) is 9.97 Å². The second kappa shape index (κ2) is 14.5. The molecule has 0 saturated carbocycles. The van der Waals surface area contributed by atoms with Crippen LogP contribution in [0.4, 0.5) is 17.8 Å². The molecule has 9 N–H and O–H groups in total. The summed E-state index contributed by atoms with van der Waals surface area (Å²) in [5.74, 6) is 0.994. The maximum absolute atomic E-state index is 8.64. The van der Waals surface area contributed by atoms with Crippen molar-refractivity contribution in [2.24, 2.45) is 0 Å². The number of hydrogen-bond acceptors (Lipinski definition) is 15. The molecule has 0 saturated heterocycles. The van der Waals surface area contributed by atoms with E-state index in [9.17, 15) is 0 Å². The largest absolute Gasteiger partial charge is 1.00 e. The van der Waals surface area contributed by atoms with Crippen LogP contribution in [0.1, 0.15) is 0 Å². The van der Waals surface area contributed by atoms with E-state index in [-0.39, 0.29) is 65.3 Å². The molecule has 32 heavy (non-hydrogen) atoms. The summed E-state index contributed by atoms with van der Waals surface area (Å²) in [5, 5.41) is 8.50. The summed E-state index contributed by atoms with van der Waals surface area (Å²) >= 11 is 5.59. The predicted octanol–water partition coefficient (Wildman–Crippen LogP) is -4.88. The number of hydrogen-bond donors (Lipinski definition) is 4. The van der Waals surface area contributed by atoms with Crippen LogP contribution in [-0.2, 0) is 9.68 Å². The summed E-state index contributed by atoms with van der Waals surface area (Å²) < 4.78 is 3.18. The number of carbonyl (C=O) groups is 1. The summed E-state index contributed by atoms with van der Waals surface area (Å²) in [5.41, 5.74) is 16.2. The zero-order valence-electron chi connectivity index (χ0n) is 16.6. The molecule has 4 rings (SSSR count). The Morgan fingerprint density at radius 3 is 1.59 bits per heavy atom. The van der Waals surface area contributed by atoms with Crippen molar-refractivity contribution in [1.82, 2.24) is 55.2 Å². The normalized spacial score (nSPS) is 8.94. The molecule has 164 valence electrons. The summed E-state index contributed by atoms with van der Waals surface area (Å²) in [6.07, 6.45) is 9.68. The molecular weight excluding hydrogens is 459 g/mol. The van der Waals surface area contributed by atoms with Gasteiger partial charge in [-0.15, -0.1) is 0 Å². The zero-order chi connectivity index (χ0) is 21.9. The van der Waals surface area contributed by atoms with Gasteiger partial charge in [0.25, 0.3) is 6.47 Å². The molecule has 4 heterocycles. The number of carbonyl (C=O) groups excluding carboxylic acids is 1. The molecule has 0 aliphatic carbocycles. The van der Waals surface area contributed by atoms with E-state index in [4.69, 9.17) is 38.9 Å². The number of anilines is 3. The Morgan fingerprint density at radius 2 is 1.25 bits per heavy atom. The Kier molecular flexibility index (Phi) is 12.9. The van der Waals surface area contributed by atoms with Crippen molar-refractivity contribution in [3.8, 4) is 11.9 Å². The van der Waals surface area contributed by atoms with Crippen molar-refractivity contribution < 1.29 is 44.5 Å². The molecular formula is C13H16ClN14NaO3. The van der Waals surface area contributed by atoms with Crippen molar-refractivity contribution >= 4 is 35.9 Å². The number of nitrogen functional groups attached to an aromatic ring is 3. The first kappa shape index (κ1) is 28.5. The number of halogens is 1. The van der Waals surface area contributed by atoms with Crippen LogP contribution in [0, 0.1) is 0 Å². The molecule has 19 heteroatoms. The van der Waals surface area contributed by atoms with E-state index in [0.29, 0.717) is 11.9 Å². The van der Waals surface area contributed by atoms with Crippen LogP contribution in [0.3, 0.4) is 0 Å². The molecule has 0 atom stereocenters. The zero-order valence-corrected chi connectivity index (χ0v) is 19.3. The Hall–Kier alpha value is -3.48. The van der Waals surface area contributed by atoms with E-state index in [1.165, 1.54) is 0 Å². The molecule has 0 amide bonds. The monoisotopic (exact) mass is 474 g/mol. The van der Waals surface area contributed by atoms with E-state index < -0.39 is 0 Å². The summed E-state index contributed by atoms with van der Waals surface area (Å²) in [6, 6.07) is 0. The molecule has 17 nitrogen and oxygen atoms in total. The average Bonchev–Trinajstić information content (AvgIpc) is 3.41. The molecule has 4 aromatic rings. The van der Waals surface area contributed by atoms with Gasteiger partial charge in [0.05, 0.1) is 0 Å². The maximum Gasteiger partial charge on any atom is 1.00 e. The van der Waals surface area contributed by atoms with Gasteiger partial charge in [-0.3, -0.25) is 13.9 Å². The van der Waals surface area contributed by atoms with Crippen LogP contribution in [0.25, 0.3) is 11.9 Å². The Labute approximate surface area is 206 Å². The van der Waals surface area contributed by atoms with Crippen LogP contribution >= 0.6 is 11.6 Å². The molecule has 0 spiro atoms. The van der Waals surface area contributed by atoms with Gasteiger partial charge < -0.3 is 33.5 Å². The molecule has 0 bridgehead atoms. The van der Waals surface area contributed by atoms with Gasteiger partial charge in [-0.1, -0.05) is 0 Å². The Morgan fingerprint density at radius 1 is 0.844 bits per heavy atom. The van der Waals surface area contributed by atoms with Gasteiger partial charge in [0.15, 0.2) is 0 Å². The first-order valence-electron chi connectivity index (χ1n) is 7.56. The Balaban J connectivity index is 0.000000490. The van der Waals surface area contributed by atoms with E-state index >= 15 is 0 Å². The molecule has 0 aliphatic heterocycles. The number of nitrogens with zero attached hydrogens (tertiary/aromatic N) is 10. The minimum Gasteiger partial charge on any atom is -0.662 e. The minimum atomic E-state index is -0.181. The second-order valence-corrected chi connectivity index (χ2v) is 5.08. The molecule has 0 radical (unpaired) electrons. The number of imidazole rings is 2. The summed E-state index contributed by atoms with van der Waals surface area (Å²) in [4.78, 5) is 41.7. The average molecular weight is 475 g/mol. The van der Waals surface area contributed by atoms with Crippen molar-refractivity contribution in [2.75, 3.05) is 17.2 Å². The fraction of sp³-hybridized carbons (Fsp3) is 0. The third-order valence-corrected chi connectivity index (χ3v) is 2.95. The molecule has 0 aliphatic rings. The van der Waals surface area contributed by atoms with E-state index in [2.05, 4.69) is 44.8 Å². The Bertz CT molecular complexity index is 944. The van der Waals surface area contributed by atoms with Crippen LogP contribution in [0.2, 0.25) is 5.28 Å². The predicted molar refractivity (Wildman–Crippen MR) is 104 cm³/mol. The maximum atomic E-state index is 8.64. The van der Waals surface area contributed by atoms with Crippen molar-refractivity contribution in [3.05, 3.63) is 42.7 Å². The van der Waals surface area contributed by atoms with Crippen LogP contribution in [0.5, 0.6) is 0 Å². The standard InChI is InChI=1S/C6H5ClN6.C6H7N7.CH2O3.H3N.Na/c2*7-4-10-5(8)12-6(11-4)13-2-1-9-3-13;2-1-4-3;;/h1-3H,(H2,8,10,11,12);1-3H,(H4,7,8,10,11,12);1,3H;1H3;/q;;;;+1/p-1. The van der Waals surface area contributed by atoms with Crippen LogP contribution in [-0.4, -0.2) is 55.5 Å². The first-order chi connectivity index (χ1) is 14.4. The third kappa shape index (κ3) is 9.12. The van der Waals surface area contributed by atoms with Gasteiger partial charge in [0, 0.05) is 24.8 Å². The fourth-order valence-electron chi connectivity index (χ4n) is 1.74. The fourth-order valence-corrected chi connectivity index (χ4v) is 1.90. The van der Waals surface area contributed by atoms with E-state index in [1.807, 2.05) is 0 Å². The molecule has 4 aromatic heterocycles. The third-order valence-electron chi connectivity index (χ3n) is 2.78. The SMILES string of the molecule is N.Nc1nc(Cl)nc(-n2ccnc2)n1.Nc1nc(N)nc(-n2ccnc2)n1.O=CO[O-].[Na+]. The first-order valence-corrected chi connectivity index (χ1v) is 7.93. The van der Waals surface area contributed by atoms with Crippen molar-refractivity contribution in [1.29, 1.82) is 0 Å². The quantitative estimate of drug-likeness (QED) is 0.0936. The number of nitrogens with two attached hydrogens (primary N) is 3. The topological polar surface area (TPSA) is 275 Å². The van der Waals surface area contributed by atoms with Crippen LogP contribution in [0.15, 0.2) is 37.4 Å². The van der Waals surface area contributed by atoms with E-state index in [1.54, 1.807) is 46.6 Å². The molecule has 0 unspecified atom stereocenters. The molecule has 0 aromatic carbocycles. The summed E-state index contributed by atoms with van der Waals surface area (Å²) in [7, 11) is 0. The van der Waals surface area contributed by atoms with E-state index in [0.717, 1.165) is 0 Å². The second-order valence-electron chi connectivity index (χ2n) is 4.75. The van der Waals surface area contributed by atoms with Crippen molar-refractivity contribution in [3.63, 3.8) is 0 Å².